The highest BCUT2D eigenvalue weighted by Crippen LogP contribution is 2.29. The van der Waals surface area contributed by atoms with Crippen LogP contribution in [0, 0.1) is 18.3 Å². The molecule has 0 unspecified atom stereocenters. The van der Waals surface area contributed by atoms with E-state index in [1.54, 1.807) is 13.8 Å². The van der Waals surface area contributed by atoms with Crippen molar-refractivity contribution in [2.24, 2.45) is 0 Å². The molecule has 1 N–H and O–H groups in total. The summed E-state index contributed by atoms with van der Waals surface area (Å²) in [6.07, 6.45) is 1.29. The number of carbonyl (C=O) groups excluding carboxylic acids is 1. The van der Waals surface area contributed by atoms with Gasteiger partial charge in [-0.25, -0.2) is 14.8 Å². The first kappa shape index (κ1) is 20.7. The summed E-state index contributed by atoms with van der Waals surface area (Å²) < 4.78 is 7.13. The highest BCUT2D eigenvalue weighted by Gasteiger charge is 2.21. The molecule has 8 nitrogen and oxygen atoms in total. The van der Waals surface area contributed by atoms with Crippen LogP contribution in [0.2, 0.25) is 0 Å². The first-order valence-corrected chi connectivity index (χ1v) is 10.9. The van der Waals surface area contributed by atoms with Gasteiger partial charge in [-0.1, -0.05) is 12.1 Å². The number of aliphatic hydroxyl groups excluding tert-OH is 1. The molecule has 0 fully saturated rings. The molecule has 0 aliphatic heterocycles. The fourth-order valence-electron chi connectivity index (χ4n) is 3.12. The number of thiophene rings is 1. The number of hydrogen-bond donors (Lipinski definition) is 1. The normalized spacial score (nSPS) is 12.0. The maximum Gasteiger partial charge on any atom is 0.348 e. The minimum atomic E-state index is -0.501. The summed E-state index contributed by atoms with van der Waals surface area (Å²) in [5.74, 6) is -0.789. The zero-order valence-corrected chi connectivity index (χ0v) is 18.2. The van der Waals surface area contributed by atoms with Gasteiger partial charge in [-0.05, 0) is 31.5 Å². The summed E-state index contributed by atoms with van der Waals surface area (Å²) in [5.41, 5.74) is 0.800. The van der Waals surface area contributed by atoms with E-state index in [2.05, 4.69) is 9.97 Å². The topological polar surface area (TPSA) is 118 Å². The van der Waals surface area contributed by atoms with E-state index in [-0.39, 0.29) is 24.5 Å². The molecule has 156 valence electrons. The Kier molecular flexibility index (Phi) is 5.54. The maximum atomic E-state index is 13.0. The van der Waals surface area contributed by atoms with Crippen molar-refractivity contribution in [2.75, 3.05) is 6.61 Å². The summed E-state index contributed by atoms with van der Waals surface area (Å²) in [6.45, 7) is 3.35. The number of esters is 1. The molecule has 4 aromatic rings. The van der Waals surface area contributed by atoms with E-state index in [0.29, 0.717) is 25.7 Å². The predicted octanol–water partition coefficient (Wildman–Crippen LogP) is 4.05. The quantitative estimate of drug-likeness (QED) is 0.276. The van der Waals surface area contributed by atoms with E-state index in [0.717, 1.165) is 21.6 Å². The van der Waals surface area contributed by atoms with Crippen LogP contribution in [0.3, 0.4) is 0 Å². The molecule has 3 aromatic heterocycles. The number of para-hydroxylation sites is 1. The zero-order valence-electron chi connectivity index (χ0n) is 16.6. The van der Waals surface area contributed by atoms with Crippen molar-refractivity contribution in [3.8, 4) is 6.07 Å². The maximum absolute atomic E-state index is 13.0. The monoisotopic (exact) mass is 452 g/mol. The van der Waals surface area contributed by atoms with Gasteiger partial charge in [-0.2, -0.15) is 5.26 Å². The Morgan fingerprint density at radius 3 is 2.81 bits per heavy atom. The molecular weight excluding hydrogens is 436 g/mol. The first-order valence-electron chi connectivity index (χ1n) is 9.28. The lowest BCUT2D eigenvalue weighted by molar-refractivity contribution is 0.0531. The summed E-state index contributed by atoms with van der Waals surface area (Å²) in [6, 6.07) is 9.40. The number of nitriles is 1. The van der Waals surface area contributed by atoms with E-state index in [1.165, 1.54) is 22.2 Å². The SMILES string of the molecule is CCOC(=O)c1sc2ncn(C/C(O)=C(\C#N)c3nc4ccccc4s3)c(=O)c2c1C. The number of aryl methyl sites for hydroxylation is 1. The number of allylic oxidation sites excluding steroid dienone is 2. The van der Waals surface area contributed by atoms with Crippen LogP contribution < -0.4 is 5.56 Å². The van der Waals surface area contributed by atoms with Crippen molar-refractivity contribution in [3.05, 3.63) is 62.2 Å². The number of thiazole rings is 1. The van der Waals surface area contributed by atoms with Gasteiger partial charge < -0.3 is 9.84 Å². The van der Waals surface area contributed by atoms with Crippen molar-refractivity contribution < 1.29 is 14.6 Å². The predicted molar refractivity (Wildman–Crippen MR) is 119 cm³/mol. The molecule has 31 heavy (non-hydrogen) atoms. The molecule has 3 heterocycles. The van der Waals surface area contributed by atoms with E-state index in [4.69, 9.17) is 4.74 Å². The number of ether oxygens (including phenoxy) is 1. The van der Waals surface area contributed by atoms with E-state index in [1.807, 2.05) is 30.3 Å². The fraction of sp³-hybridized carbons (Fsp3) is 0.190. The molecule has 1 aromatic carbocycles. The smallest absolute Gasteiger partial charge is 0.348 e. The van der Waals surface area contributed by atoms with Gasteiger partial charge in [-0.15, -0.1) is 22.7 Å². The van der Waals surface area contributed by atoms with Crippen molar-refractivity contribution >= 4 is 54.6 Å². The molecular formula is C21H16N4O4S2. The van der Waals surface area contributed by atoms with Crippen LogP contribution >= 0.6 is 22.7 Å². The summed E-state index contributed by atoms with van der Waals surface area (Å²) in [4.78, 5) is 34.5. The minimum absolute atomic E-state index is 0.00227. The second kappa shape index (κ2) is 8.29. The Morgan fingerprint density at radius 1 is 1.32 bits per heavy atom. The van der Waals surface area contributed by atoms with Gasteiger partial charge in [-0.3, -0.25) is 9.36 Å². The molecule has 0 aliphatic rings. The van der Waals surface area contributed by atoms with E-state index in [9.17, 15) is 20.0 Å². The van der Waals surface area contributed by atoms with Crippen molar-refractivity contribution in [3.63, 3.8) is 0 Å². The average Bonchev–Trinajstić information content (AvgIpc) is 3.32. The molecule has 0 saturated carbocycles. The number of carbonyl (C=O) groups is 1. The number of nitrogens with zero attached hydrogens (tertiary/aromatic N) is 4. The Morgan fingerprint density at radius 2 is 2.10 bits per heavy atom. The molecule has 0 amide bonds. The third kappa shape index (κ3) is 3.69. The number of aliphatic hydroxyl groups is 1. The lowest BCUT2D eigenvalue weighted by Gasteiger charge is -2.06. The van der Waals surface area contributed by atoms with Gasteiger partial charge in [0.25, 0.3) is 5.56 Å². The molecule has 0 atom stereocenters. The van der Waals surface area contributed by atoms with Gasteiger partial charge >= 0.3 is 5.97 Å². The molecule has 0 saturated heterocycles. The van der Waals surface area contributed by atoms with Crippen LogP contribution in [0.15, 0.2) is 41.1 Å². The van der Waals surface area contributed by atoms with E-state index >= 15 is 0 Å². The number of rotatable bonds is 5. The number of aromatic nitrogens is 3. The van der Waals surface area contributed by atoms with Gasteiger partial charge in [0.15, 0.2) is 0 Å². The molecule has 0 aliphatic carbocycles. The van der Waals surface area contributed by atoms with Crippen molar-refractivity contribution in [1.82, 2.24) is 14.5 Å². The number of hydrogen-bond acceptors (Lipinski definition) is 9. The van der Waals surface area contributed by atoms with Crippen LogP contribution in [-0.4, -0.2) is 32.2 Å². The summed E-state index contributed by atoms with van der Waals surface area (Å²) in [5, 5.41) is 20.9. The first-order chi connectivity index (χ1) is 14.9. The van der Waals surface area contributed by atoms with Crippen molar-refractivity contribution in [1.29, 1.82) is 5.26 Å². The summed E-state index contributed by atoms with van der Waals surface area (Å²) in [7, 11) is 0. The number of fused-ring (bicyclic) bond motifs is 2. The third-order valence-electron chi connectivity index (χ3n) is 4.61. The third-order valence-corrected chi connectivity index (χ3v) is 6.84. The highest BCUT2D eigenvalue weighted by atomic mass is 32.1. The second-order valence-electron chi connectivity index (χ2n) is 6.55. The lowest BCUT2D eigenvalue weighted by atomic mass is 10.2. The molecule has 0 bridgehead atoms. The standard InChI is InChI=1S/C21H16N4O4S2/c1-3-29-21(28)17-11(2)16-19(31-17)23-10-25(20(16)27)9-14(26)12(8-22)18-24-13-6-4-5-7-15(13)30-18/h4-7,10,26H,3,9H2,1-2H3/b14-12-. The largest absolute Gasteiger partial charge is 0.509 e. The average molecular weight is 453 g/mol. The van der Waals surface area contributed by atoms with Crippen LogP contribution in [-0.2, 0) is 11.3 Å². The Bertz CT molecular complexity index is 1420. The molecule has 0 radical (unpaired) electrons. The highest BCUT2D eigenvalue weighted by molar-refractivity contribution is 7.20. The molecule has 0 spiro atoms. The fourth-order valence-corrected chi connectivity index (χ4v) is 5.13. The Hall–Kier alpha value is -3.55. The van der Waals surface area contributed by atoms with Gasteiger partial charge in [0.1, 0.15) is 32.1 Å². The van der Waals surface area contributed by atoms with Crippen LogP contribution in [0.25, 0.3) is 26.0 Å². The van der Waals surface area contributed by atoms with Crippen LogP contribution in [0.5, 0.6) is 0 Å². The number of benzene rings is 1. The Labute approximate surface area is 184 Å². The van der Waals surface area contributed by atoms with Gasteiger partial charge in [0.05, 0.1) is 35.1 Å². The van der Waals surface area contributed by atoms with Crippen LogP contribution in [0.1, 0.15) is 27.2 Å². The van der Waals surface area contributed by atoms with Crippen molar-refractivity contribution in [2.45, 2.75) is 20.4 Å². The van der Waals surface area contributed by atoms with E-state index < -0.39 is 11.5 Å². The lowest BCUT2D eigenvalue weighted by Crippen LogP contribution is -2.22. The Balaban J connectivity index is 1.75. The second-order valence-corrected chi connectivity index (χ2v) is 8.58. The minimum Gasteiger partial charge on any atom is -0.509 e. The van der Waals surface area contributed by atoms with Gasteiger partial charge in [0, 0.05) is 0 Å². The molecule has 4 rings (SSSR count). The zero-order chi connectivity index (χ0) is 22.1. The summed E-state index contributed by atoms with van der Waals surface area (Å²) >= 11 is 2.37. The van der Waals surface area contributed by atoms with Crippen LogP contribution in [0.4, 0.5) is 0 Å². The molecule has 10 heteroatoms. The van der Waals surface area contributed by atoms with Gasteiger partial charge in [0.2, 0.25) is 0 Å².